The van der Waals surface area contributed by atoms with Gasteiger partial charge in [0.2, 0.25) is 0 Å². The maximum absolute atomic E-state index is 5.79. The smallest absolute Gasteiger partial charge is 0.134 e. The molecule has 0 bridgehead atoms. The highest BCUT2D eigenvalue weighted by atomic mass is 15.1. The Bertz CT molecular complexity index is 391. The molecule has 0 amide bonds. The van der Waals surface area contributed by atoms with Gasteiger partial charge < -0.3 is 11.1 Å². The Labute approximate surface area is 103 Å². The van der Waals surface area contributed by atoms with Crippen molar-refractivity contribution in [3.05, 3.63) is 11.9 Å². The normalized spacial score (nSPS) is 28.3. The van der Waals surface area contributed by atoms with Gasteiger partial charge in [-0.15, -0.1) is 0 Å². The van der Waals surface area contributed by atoms with E-state index in [4.69, 9.17) is 5.73 Å². The fourth-order valence-electron chi connectivity index (χ4n) is 2.81. The van der Waals surface area contributed by atoms with Crippen molar-refractivity contribution in [2.24, 2.45) is 11.8 Å². The highest BCUT2D eigenvalue weighted by Gasteiger charge is 2.31. The maximum atomic E-state index is 5.79. The largest absolute Gasteiger partial charge is 0.383 e. The molecule has 0 radical (unpaired) electrons. The third kappa shape index (κ3) is 2.35. The predicted molar refractivity (Wildman–Crippen MR) is 70.8 cm³/mol. The lowest BCUT2D eigenvalue weighted by atomic mass is 9.93. The number of nitrogens with two attached hydrogens (primary N) is 1. The number of nitrogen functional groups attached to an aromatic ring is 1. The number of rotatable bonds is 3. The lowest BCUT2D eigenvalue weighted by Crippen LogP contribution is -2.25. The van der Waals surface area contributed by atoms with Gasteiger partial charge in [0, 0.05) is 11.6 Å². The molecule has 0 aromatic carbocycles. The van der Waals surface area contributed by atoms with Gasteiger partial charge in [-0.05, 0) is 31.6 Å². The molecule has 1 aliphatic carbocycles. The lowest BCUT2D eigenvalue weighted by Gasteiger charge is -2.22. The molecular weight excluding hydrogens is 212 g/mol. The second-order valence-corrected chi connectivity index (χ2v) is 5.09. The molecule has 4 nitrogen and oxygen atoms in total. The number of anilines is 2. The quantitative estimate of drug-likeness (QED) is 0.843. The van der Waals surface area contributed by atoms with E-state index < -0.39 is 0 Å². The van der Waals surface area contributed by atoms with Gasteiger partial charge in [-0.2, -0.15) is 0 Å². The van der Waals surface area contributed by atoms with Crippen molar-refractivity contribution in [3.63, 3.8) is 0 Å². The van der Waals surface area contributed by atoms with E-state index in [1.807, 2.05) is 6.92 Å². The van der Waals surface area contributed by atoms with Crippen LogP contribution in [0, 0.1) is 18.8 Å². The molecule has 3 N–H and O–H groups in total. The molecule has 17 heavy (non-hydrogen) atoms. The van der Waals surface area contributed by atoms with Gasteiger partial charge in [0.1, 0.15) is 18.0 Å². The first-order valence-corrected chi connectivity index (χ1v) is 6.47. The van der Waals surface area contributed by atoms with E-state index in [1.165, 1.54) is 25.6 Å². The minimum Gasteiger partial charge on any atom is -0.383 e. The van der Waals surface area contributed by atoms with Gasteiger partial charge in [-0.1, -0.05) is 20.3 Å². The maximum Gasteiger partial charge on any atom is 0.134 e. The zero-order valence-corrected chi connectivity index (χ0v) is 10.9. The average Bonchev–Trinajstić information content (AvgIpc) is 2.66. The zero-order chi connectivity index (χ0) is 12.4. The molecule has 2 rings (SSSR count). The van der Waals surface area contributed by atoms with Crippen molar-refractivity contribution in [1.82, 2.24) is 9.97 Å². The SMILES string of the molecule is CCC1CCC(Nc2ncnc(N)c2C)C1C. The molecule has 4 heteroatoms. The number of hydrogen-bond acceptors (Lipinski definition) is 4. The molecule has 1 saturated carbocycles. The van der Waals surface area contributed by atoms with Crippen molar-refractivity contribution < 1.29 is 0 Å². The van der Waals surface area contributed by atoms with Crippen LogP contribution in [0.3, 0.4) is 0 Å². The molecule has 0 spiro atoms. The van der Waals surface area contributed by atoms with Crippen LogP contribution in [0.4, 0.5) is 11.6 Å². The summed E-state index contributed by atoms with van der Waals surface area (Å²) in [7, 11) is 0. The van der Waals surface area contributed by atoms with Crippen molar-refractivity contribution in [3.8, 4) is 0 Å². The number of nitrogens with zero attached hydrogens (tertiary/aromatic N) is 2. The summed E-state index contributed by atoms with van der Waals surface area (Å²) in [6.45, 7) is 6.57. The molecule has 94 valence electrons. The molecule has 0 saturated heterocycles. The van der Waals surface area contributed by atoms with Crippen LogP contribution in [0.2, 0.25) is 0 Å². The van der Waals surface area contributed by atoms with Gasteiger partial charge in [0.15, 0.2) is 0 Å². The van der Waals surface area contributed by atoms with Crippen LogP contribution in [-0.4, -0.2) is 16.0 Å². The molecule has 0 aliphatic heterocycles. The second kappa shape index (κ2) is 4.90. The highest BCUT2D eigenvalue weighted by Crippen LogP contribution is 2.35. The minimum atomic E-state index is 0.521. The van der Waals surface area contributed by atoms with Crippen LogP contribution < -0.4 is 11.1 Å². The number of hydrogen-bond donors (Lipinski definition) is 2. The molecule has 3 unspecified atom stereocenters. The van der Waals surface area contributed by atoms with Crippen LogP contribution >= 0.6 is 0 Å². The highest BCUT2D eigenvalue weighted by molar-refractivity contribution is 5.54. The topological polar surface area (TPSA) is 63.8 Å². The van der Waals surface area contributed by atoms with E-state index in [-0.39, 0.29) is 0 Å². The summed E-state index contributed by atoms with van der Waals surface area (Å²) < 4.78 is 0. The first kappa shape index (κ1) is 12.1. The van der Waals surface area contributed by atoms with Gasteiger partial charge in [-0.3, -0.25) is 0 Å². The first-order chi connectivity index (χ1) is 8.13. The van der Waals surface area contributed by atoms with Crippen molar-refractivity contribution in [2.45, 2.75) is 46.1 Å². The van der Waals surface area contributed by atoms with Gasteiger partial charge in [0.05, 0.1) is 0 Å². The van der Waals surface area contributed by atoms with E-state index in [1.54, 1.807) is 0 Å². The molecule has 3 atom stereocenters. The summed E-state index contributed by atoms with van der Waals surface area (Å²) in [6.07, 6.45) is 5.34. The Kier molecular flexibility index (Phi) is 3.50. The van der Waals surface area contributed by atoms with Crippen molar-refractivity contribution >= 4 is 11.6 Å². The standard InChI is InChI=1S/C13H22N4/c1-4-10-5-6-11(8(10)2)17-13-9(3)12(14)15-7-16-13/h7-8,10-11H,4-6H2,1-3H3,(H3,14,15,16,17). The van der Waals surface area contributed by atoms with Crippen LogP contribution in [0.1, 0.15) is 38.7 Å². The summed E-state index contributed by atoms with van der Waals surface area (Å²) in [5.41, 5.74) is 6.75. The van der Waals surface area contributed by atoms with E-state index in [9.17, 15) is 0 Å². The van der Waals surface area contributed by atoms with E-state index in [0.29, 0.717) is 17.8 Å². The molecule has 1 aliphatic rings. The molecule has 1 fully saturated rings. The summed E-state index contributed by atoms with van der Waals surface area (Å²) in [4.78, 5) is 8.28. The summed E-state index contributed by atoms with van der Waals surface area (Å²) >= 11 is 0. The van der Waals surface area contributed by atoms with Gasteiger partial charge >= 0.3 is 0 Å². The van der Waals surface area contributed by atoms with E-state index in [2.05, 4.69) is 29.1 Å². The van der Waals surface area contributed by atoms with Crippen LogP contribution in [0.5, 0.6) is 0 Å². The van der Waals surface area contributed by atoms with Crippen LogP contribution in [0.25, 0.3) is 0 Å². The van der Waals surface area contributed by atoms with Crippen molar-refractivity contribution in [2.75, 3.05) is 11.1 Å². The first-order valence-electron chi connectivity index (χ1n) is 6.47. The number of aromatic nitrogens is 2. The molecule has 1 heterocycles. The third-order valence-corrected chi connectivity index (χ3v) is 4.20. The lowest BCUT2D eigenvalue weighted by molar-refractivity contribution is 0.391. The Balaban J connectivity index is 2.09. The Morgan fingerprint density at radius 3 is 2.82 bits per heavy atom. The Morgan fingerprint density at radius 2 is 2.18 bits per heavy atom. The fourth-order valence-corrected chi connectivity index (χ4v) is 2.81. The average molecular weight is 234 g/mol. The summed E-state index contributed by atoms with van der Waals surface area (Å²) in [6, 6.07) is 0.521. The Hall–Kier alpha value is -1.32. The molecule has 1 aromatic heterocycles. The van der Waals surface area contributed by atoms with Crippen LogP contribution in [-0.2, 0) is 0 Å². The molecule has 1 aromatic rings. The van der Waals surface area contributed by atoms with Crippen molar-refractivity contribution in [1.29, 1.82) is 0 Å². The van der Waals surface area contributed by atoms with Gasteiger partial charge in [0.25, 0.3) is 0 Å². The van der Waals surface area contributed by atoms with Gasteiger partial charge in [-0.25, -0.2) is 9.97 Å². The Morgan fingerprint density at radius 1 is 1.41 bits per heavy atom. The predicted octanol–water partition coefficient (Wildman–Crippen LogP) is 2.60. The second-order valence-electron chi connectivity index (χ2n) is 5.09. The zero-order valence-electron chi connectivity index (χ0n) is 10.9. The monoisotopic (exact) mass is 234 g/mol. The van der Waals surface area contributed by atoms with Crippen LogP contribution in [0.15, 0.2) is 6.33 Å². The fraction of sp³-hybridized carbons (Fsp3) is 0.692. The minimum absolute atomic E-state index is 0.521. The van der Waals surface area contributed by atoms with E-state index >= 15 is 0 Å². The summed E-state index contributed by atoms with van der Waals surface area (Å²) in [5, 5.41) is 3.53. The summed E-state index contributed by atoms with van der Waals surface area (Å²) in [5.74, 6) is 3.01. The molecular formula is C13H22N4. The van der Waals surface area contributed by atoms with E-state index in [0.717, 1.165) is 17.3 Å². The number of nitrogens with one attached hydrogen (secondary N) is 1. The third-order valence-electron chi connectivity index (χ3n) is 4.20.